The summed E-state index contributed by atoms with van der Waals surface area (Å²) in [5.74, 6) is -2.46. The molecule has 13 heteroatoms. The molecule has 1 unspecified atom stereocenters. The predicted molar refractivity (Wildman–Crippen MR) is 128 cm³/mol. The fourth-order valence-electron chi connectivity index (χ4n) is 3.74. The van der Waals surface area contributed by atoms with Crippen LogP contribution in [0, 0.1) is 5.92 Å². The number of hydrogen-bond acceptors (Lipinski definition) is 7. The van der Waals surface area contributed by atoms with Gasteiger partial charge in [0.2, 0.25) is 5.88 Å². The van der Waals surface area contributed by atoms with Gasteiger partial charge in [-0.05, 0) is 44.0 Å². The van der Waals surface area contributed by atoms with E-state index < -0.39 is 63.7 Å². The van der Waals surface area contributed by atoms with Crippen LogP contribution in [0.1, 0.15) is 38.3 Å². The summed E-state index contributed by atoms with van der Waals surface area (Å²) in [6.07, 6.45) is -3.60. The Morgan fingerprint density at radius 2 is 2.03 bits per heavy atom. The zero-order chi connectivity index (χ0) is 27.5. The molecule has 0 fully saturated rings. The molecule has 2 aromatic rings. The number of anilines is 1. The average molecular weight is 545 g/mol. The van der Waals surface area contributed by atoms with Gasteiger partial charge < -0.3 is 19.7 Å². The normalized spacial score (nSPS) is 16.4. The monoisotopic (exact) mass is 544 g/mol. The van der Waals surface area contributed by atoms with Crippen LogP contribution in [0.2, 0.25) is 0 Å². The molecule has 1 aromatic heterocycles. The van der Waals surface area contributed by atoms with E-state index in [4.69, 9.17) is 14.6 Å². The first-order valence-corrected chi connectivity index (χ1v) is 12.7. The number of carboxylic acid groups (broad SMARTS) is 1. The number of rotatable bonds is 9. The number of carbonyl (C=O) groups is 1. The van der Waals surface area contributed by atoms with Gasteiger partial charge in [0, 0.05) is 6.20 Å². The van der Waals surface area contributed by atoms with Crippen LogP contribution in [0.15, 0.2) is 40.9 Å². The molecule has 0 saturated heterocycles. The predicted octanol–water partition coefficient (Wildman–Crippen LogP) is 3.96. The van der Waals surface area contributed by atoms with E-state index in [2.05, 4.69) is 4.98 Å². The van der Waals surface area contributed by atoms with E-state index in [-0.39, 0.29) is 24.4 Å². The molecule has 0 saturated carbocycles. The van der Waals surface area contributed by atoms with Gasteiger partial charge in [-0.15, -0.1) is 0 Å². The molecule has 1 aliphatic heterocycles. The SMILES string of the molecule is CC(C)=Cc1ccc2c(c1)N(S(=O)(=O)c1cc(C(F)(F)F)cnc1OCCO)CC(C[C@H](C)C(=O)O)O2. The molecule has 37 heavy (non-hydrogen) atoms. The molecule has 9 nitrogen and oxygen atoms in total. The zero-order valence-electron chi connectivity index (χ0n) is 20.3. The number of hydrogen-bond donors (Lipinski definition) is 2. The number of fused-ring (bicyclic) bond motifs is 1. The molecule has 0 spiro atoms. The molecule has 202 valence electrons. The summed E-state index contributed by atoms with van der Waals surface area (Å²) >= 11 is 0. The summed E-state index contributed by atoms with van der Waals surface area (Å²) in [7, 11) is -4.74. The van der Waals surface area contributed by atoms with Gasteiger partial charge in [-0.1, -0.05) is 24.6 Å². The van der Waals surface area contributed by atoms with Crippen molar-refractivity contribution < 1.29 is 46.1 Å². The molecular formula is C24H27F3N2O7S. The van der Waals surface area contributed by atoms with Crippen molar-refractivity contribution >= 4 is 27.8 Å². The molecule has 1 aliphatic rings. The van der Waals surface area contributed by atoms with Crippen LogP contribution in [-0.2, 0) is 21.0 Å². The summed E-state index contributed by atoms with van der Waals surface area (Å²) in [5.41, 5.74) is 0.310. The summed E-state index contributed by atoms with van der Waals surface area (Å²) < 4.78 is 80.1. The van der Waals surface area contributed by atoms with Gasteiger partial charge in [-0.25, -0.2) is 13.4 Å². The third kappa shape index (κ3) is 6.52. The fraction of sp³-hybridized carbons (Fsp3) is 0.417. The Morgan fingerprint density at radius 1 is 1.32 bits per heavy atom. The molecule has 0 amide bonds. The summed E-state index contributed by atoms with van der Waals surface area (Å²) in [6, 6.07) is 5.16. The molecule has 2 N–H and O–H groups in total. The Balaban J connectivity index is 2.19. The van der Waals surface area contributed by atoms with Gasteiger partial charge in [0.1, 0.15) is 18.5 Å². The van der Waals surface area contributed by atoms with Gasteiger partial charge in [0.05, 0.1) is 30.3 Å². The van der Waals surface area contributed by atoms with E-state index in [1.54, 1.807) is 12.1 Å². The quantitative estimate of drug-likeness (QED) is 0.486. The van der Waals surface area contributed by atoms with Gasteiger partial charge in [0.25, 0.3) is 10.0 Å². The number of carboxylic acids is 1. The summed E-state index contributed by atoms with van der Waals surface area (Å²) in [4.78, 5) is 14.1. The van der Waals surface area contributed by atoms with Crippen molar-refractivity contribution in [3.63, 3.8) is 0 Å². The Kier molecular flexibility index (Phi) is 8.38. The number of sulfonamides is 1. The van der Waals surface area contributed by atoms with Crippen molar-refractivity contribution in [2.24, 2.45) is 5.92 Å². The lowest BCUT2D eigenvalue weighted by Crippen LogP contribution is -2.44. The lowest BCUT2D eigenvalue weighted by Gasteiger charge is -2.36. The van der Waals surface area contributed by atoms with E-state index in [1.807, 2.05) is 13.8 Å². The number of benzene rings is 1. The molecule has 0 radical (unpaired) electrons. The fourth-order valence-corrected chi connectivity index (χ4v) is 5.35. The van der Waals surface area contributed by atoms with Crippen LogP contribution in [0.3, 0.4) is 0 Å². The maximum Gasteiger partial charge on any atom is 0.417 e. The van der Waals surface area contributed by atoms with E-state index >= 15 is 0 Å². The average Bonchev–Trinajstić information content (AvgIpc) is 2.81. The molecule has 3 rings (SSSR count). The number of aliphatic hydroxyl groups excluding tert-OH is 1. The molecule has 1 aromatic carbocycles. The number of allylic oxidation sites excluding steroid dienone is 1. The van der Waals surface area contributed by atoms with Crippen molar-refractivity contribution in [2.75, 3.05) is 24.1 Å². The number of halogens is 3. The van der Waals surface area contributed by atoms with E-state index in [0.29, 0.717) is 17.8 Å². The van der Waals surface area contributed by atoms with Crippen LogP contribution in [0.4, 0.5) is 18.9 Å². The van der Waals surface area contributed by atoms with Crippen molar-refractivity contribution in [1.82, 2.24) is 4.98 Å². The van der Waals surface area contributed by atoms with Crippen LogP contribution in [0.5, 0.6) is 11.6 Å². The second kappa shape index (κ2) is 11.0. The minimum atomic E-state index is -4.88. The van der Waals surface area contributed by atoms with E-state index in [9.17, 15) is 31.5 Å². The van der Waals surface area contributed by atoms with Crippen molar-refractivity contribution in [3.05, 3.63) is 47.2 Å². The number of aliphatic hydroxyl groups is 1. The highest BCUT2D eigenvalue weighted by molar-refractivity contribution is 7.93. The zero-order valence-corrected chi connectivity index (χ0v) is 21.1. The second-order valence-corrected chi connectivity index (χ2v) is 10.6. The largest absolute Gasteiger partial charge is 0.486 e. The molecular weight excluding hydrogens is 517 g/mol. The molecule has 2 heterocycles. The molecule has 0 aliphatic carbocycles. The summed E-state index contributed by atoms with van der Waals surface area (Å²) in [5, 5.41) is 18.4. The van der Waals surface area contributed by atoms with Crippen molar-refractivity contribution in [2.45, 2.75) is 44.4 Å². The number of nitrogens with zero attached hydrogens (tertiary/aromatic N) is 2. The number of aromatic nitrogens is 1. The Bertz CT molecular complexity index is 1290. The maximum absolute atomic E-state index is 13.9. The minimum Gasteiger partial charge on any atom is -0.486 e. The summed E-state index contributed by atoms with van der Waals surface area (Å²) in [6.45, 7) is 3.84. The lowest BCUT2D eigenvalue weighted by atomic mass is 10.0. The Morgan fingerprint density at radius 3 is 2.62 bits per heavy atom. The smallest absolute Gasteiger partial charge is 0.417 e. The first-order chi connectivity index (χ1) is 17.2. The van der Waals surface area contributed by atoms with Gasteiger partial charge in [-0.2, -0.15) is 13.2 Å². The van der Waals surface area contributed by atoms with Crippen LogP contribution in [-0.4, -0.2) is 55.4 Å². The highest BCUT2D eigenvalue weighted by atomic mass is 32.2. The highest BCUT2D eigenvalue weighted by Crippen LogP contribution is 2.41. The number of alkyl halides is 3. The first-order valence-electron chi connectivity index (χ1n) is 11.3. The van der Waals surface area contributed by atoms with Gasteiger partial charge >= 0.3 is 12.1 Å². The third-order valence-electron chi connectivity index (χ3n) is 5.45. The van der Waals surface area contributed by atoms with Crippen molar-refractivity contribution in [3.8, 4) is 11.6 Å². The van der Waals surface area contributed by atoms with Gasteiger partial charge in [0.15, 0.2) is 4.90 Å². The Hall–Kier alpha value is -3.32. The topological polar surface area (TPSA) is 126 Å². The molecule has 0 bridgehead atoms. The molecule has 2 atom stereocenters. The van der Waals surface area contributed by atoms with Gasteiger partial charge in [-0.3, -0.25) is 9.10 Å². The number of ether oxygens (including phenoxy) is 2. The Labute approximate surface area is 212 Å². The standard InChI is InChI=1S/C24H27F3N2O7S/c1-14(2)8-16-4-5-20-19(10-16)29(13-18(36-20)9-15(3)23(31)32)37(33,34)21-11-17(24(25,26)27)12-28-22(21)35-7-6-30/h4-5,8,10-12,15,18,30H,6-7,9,13H2,1-3H3,(H,31,32)/t15-,18?/m0/s1. The van der Waals surface area contributed by atoms with E-state index in [1.165, 1.54) is 19.1 Å². The maximum atomic E-state index is 13.9. The van der Waals surface area contributed by atoms with Crippen LogP contribution >= 0.6 is 0 Å². The first kappa shape index (κ1) is 28.3. The highest BCUT2D eigenvalue weighted by Gasteiger charge is 2.40. The van der Waals surface area contributed by atoms with Crippen molar-refractivity contribution in [1.29, 1.82) is 0 Å². The van der Waals surface area contributed by atoms with E-state index in [0.717, 1.165) is 9.88 Å². The van der Waals surface area contributed by atoms with Crippen LogP contribution < -0.4 is 13.8 Å². The van der Waals surface area contributed by atoms with Crippen LogP contribution in [0.25, 0.3) is 6.08 Å². The third-order valence-corrected chi connectivity index (χ3v) is 7.23. The minimum absolute atomic E-state index is 0.0504. The second-order valence-electron chi connectivity index (χ2n) is 8.80. The number of aliphatic carboxylic acids is 1. The lowest BCUT2D eigenvalue weighted by molar-refractivity contribution is -0.142. The number of pyridine rings is 1.